The third-order valence-electron chi connectivity index (χ3n) is 2.77. The van der Waals surface area contributed by atoms with Crippen LogP contribution in [0.15, 0.2) is 30.5 Å². The summed E-state index contributed by atoms with van der Waals surface area (Å²) in [6.45, 7) is 4.15. The lowest BCUT2D eigenvalue weighted by molar-refractivity contribution is 0.0950. The van der Waals surface area contributed by atoms with Crippen LogP contribution in [0.2, 0.25) is 0 Å². The summed E-state index contributed by atoms with van der Waals surface area (Å²) in [5.74, 6) is 0.643. The minimum absolute atomic E-state index is 0. The molecule has 0 aliphatic carbocycles. The van der Waals surface area contributed by atoms with E-state index >= 15 is 0 Å². The standard InChI is InChI=1S/C15H19N3O2S.ClH/c1-15(2,16)9-18-13(19)12-8-17-14(21-12)10-4-6-11(20-3)7-5-10;/h4-8H,9,16H2,1-3H3,(H,18,19);1H. The maximum atomic E-state index is 12.0. The van der Waals surface area contributed by atoms with E-state index in [0.717, 1.165) is 16.3 Å². The Bertz CT molecular complexity index is 620. The monoisotopic (exact) mass is 341 g/mol. The molecule has 0 radical (unpaired) electrons. The number of benzene rings is 1. The van der Waals surface area contributed by atoms with Gasteiger partial charge in [-0.1, -0.05) is 0 Å². The molecule has 0 aliphatic heterocycles. The van der Waals surface area contributed by atoms with Crippen molar-refractivity contribution in [2.24, 2.45) is 5.73 Å². The van der Waals surface area contributed by atoms with E-state index in [1.807, 2.05) is 38.1 Å². The summed E-state index contributed by atoms with van der Waals surface area (Å²) in [6, 6.07) is 7.57. The molecule has 1 aromatic carbocycles. The summed E-state index contributed by atoms with van der Waals surface area (Å²) in [5.41, 5.74) is 6.37. The number of nitrogens with two attached hydrogens (primary N) is 1. The first-order valence-electron chi connectivity index (χ1n) is 6.56. The molecule has 0 spiro atoms. The molecule has 0 unspecified atom stereocenters. The molecule has 1 heterocycles. The van der Waals surface area contributed by atoms with E-state index in [4.69, 9.17) is 10.5 Å². The van der Waals surface area contributed by atoms with Crippen molar-refractivity contribution in [1.29, 1.82) is 0 Å². The zero-order valence-corrected chi connectivity index (χ0v) is 14.4. The van der Waals surface area contributed by atoms with Crippen LogP contribution >= 0.6 is 23.7 Å². The summed E-state index contributed by atoms with van der Waals surface area (Å²) in [7, 11) is 1.62. The number of hydrogen-bond acceptors (Lipinski definition) is 5. The molecule has 1 aromatic heterocycles. The number of methoxy groups -OCH3 is 1. The van der Waals surface area contributed by atoms with Crippen LogP contribution in [0.4, 0.5) is 0 Å². The lowest BCUT2D eigenvalue weighted by Gasteiger charge is -2.18. The van der Waals surface area contributed by atoms with Crippen LogP contribution < -0.4 is 15.8 Å². The topological polar surface area (TPSA) is 77.2 Å². The number of nitrogens with one attached hydrogen (secondary N) is 1. The maximum Gasteiger partial charge on any atom is 0.263 e. The average Bonchev–Trinajstić information content (AvgIpc) is 2.94. The van der Waals surface area contributed by atoms with E-state index < -0.39 is 5.54 Å². The number of amides is 1. The highest BCUT2D eigenvalue weighted by Crippen LogP contribution is 2.26. The molecule has 0 aliphatic rings. The lowest BCUT2D eigenvalue weighted by Crippen LogP contribution is -2.44. The molecule has 0 atom stereocenters. The van der Waals surface area contributed by atoms with Gasteiger partial charge in [-0.3, -0.25) is 4.79 Å². The molecular formula is C15H20ClN3O2S. The van der Waals surface area contributed by atoms with Gasteiger partial charge in [-0.2, -0.15) is 0 Å². The molecule has 2 rings (SSSR count). The summed E-state index contributed by atoms with van der Waals surface area (Å²) < 4.78 is 5.12. The molecule has 0 saturated heterocycles. The molecule has 3 N–H and O–H groups in total. The quantitative estimate of drug-likeness (QED) is 0.876. The van der Waals surface area contributed by atoms with E-state index in [2.05, 4.69) is 10.3 Å². The number of rotatable bonds is 5. The number of thiazole rings is 1. The Labute approximate surface area is 140 Å². The smallest absolute Gasteiger partial charge is 0.263 e. The zero-order chi connectivity index (χ0) is 15.5. The average molecular weight is 342 g/mol. The number of aromatic nitrogens is 1. The zero-order valence-electron chi connectivity index (χ0n) is 12.8. The highest BCUT2D eigenvalue weighted by Gasteiger charge is 2.15. The number of ether oxygens (including phenoxy) is 1. The van der Waals surface area contributed by atoms with E-state index in [0.29, 0.717) is 11.4 Å². The Hall–Kier alpha value is -1.63. The summed E-state index contributed by atoms with van der Waals surface area (Å²) >= 11 is 1.35. The minimum Gasteiger partial charge on any atom is -0.497 e. The van der Waals surface area contributed by atoms with Gasteiger partial charge in [0.15, 0.2) is 0 Å². The Morgan fingerprint density at radius 2 is 2.00 bits per heavy atom. The van der Waals surface area contributed by atoms with E-state index in [1.54, 1.807) is 13.3 Å². The first kappa shape index (κ1) is 18.4. The first-order chi connectivity index (χ1) is 9.89. The fourth-order valence-corrected chi connectivity index (χ4v) is 2.48. The van der Waals surface area contributed by atoms with Crippen molar-refractivity contribution in [3.63, 3.8) is 0 Å². The van der Waals surface area contributed by atoms with Crippen LogP contribution in [0.3, 0.4) is 0 Å². The molecule has 0 bridgehead atoms. The van der Waals surface area contributed by atoms with E-state index in [9.17, 15) is 4.79 Å². The molecule has 120 valence electrons. The molecular weight excluding hydrogens is 322 g/mol. The van der Waals surface area contributed by atoms with Crippen LogP contribution in [-0.2, 0) is 0 Å². The SMILES string of the molecule is COc1ccc(-c2ncc(C(=O)NCC(C)(C)N)s2)cc1.Cl. The van der Waals surface area contributed by atoms with Crippen molar-refractivity contribution < 1.29 is 9.53 Å². The predicted molar refractivity (Wildman–Crippen MR) is 91.9 cm³/mol. The second-order valence-electron chi connectivity index (χ2n) is 5.43. The van der Waals surface area contributed by atoms with Gasteiger partial charge in [0.05, 0.1) is 13.3 Å². The summed E-state index contributed by atoms with van der Waals surface area (Å²) in [4.78, 5) is 16.9. The van der Waals surface area contributed by atoms with Gasteiger partial charge in [-0.05, 0) is 38.1 Å². The Morgan fingerprint density at radius 1 is 1.36 bits per heavy atom. The minimum atomic E-state index is -0.431. The van der Waals surface area contributed by atoms with Gasteiger partial charge < -0.3 is 15.8 Å². The summed E-state index contributed by atoms with van der Waals surface area (Å²) in [6.07, 6.45) is 1.59. The largest absolute Gasteiger partial charge is 0.497 e. The van der Waals surface area contributed by atoms with Gasteiger partial charge in [-0.15, -0.1) is 23.7 Å². The number of nitrogens with zero attached hydrogens (tertiary/aromatic N) is 1. The third-order valence-corrected chi connectivity index (χ3v) is 3.82. The van der Waals surface area contributed by atoms with Crippen molar-refractivity contribution in [3.05, 3.63) is 35.3 Å². The number of hydrogen-bond donors (Lipinski definition) is 2. The number of halogens is 1. The van der Waals surface area contributed by atoms with Gasteiger partial charge in [0.1, 0.15) is 15.6 Å². The van der Waals surface area contributed by atoms with Gasteiger partial charge >= 0.3 is 0 Å². The second-order valence-corrected chi connectivity index (χ2v) is 6.46. The highest BCUT2D eigenvalue weighted by atomic mass is 35.5. The van der Waals surface area contributed by atoms with Gasteiger partial charge in [0, 0.05) is 17.6 Å². The predicted octanol–water partition coefficient (Wildman–Crippen LogP) is 2.71. The maximum absolute atomic E-state index is 12.0. The third kappa shape index (κ3) is 4.98. The fraction of sp³-hybridized carbons (Fsp3) is 0.333. The number of carbonyl (C=O) groups is 1. The molecule has 2 aromatic rings. The van der Waals surface area contributed by atoms with Crippen LogP contribution in [0.1, 0.15) is 23.5 Å². The highest BCUT2D eigenvalue weighted by molar-refractivity contribution is 7.16. The fourth-order valence-electron chi connectivity index (χ4n) is 1.64. The molecule has 7 heteroatoms. The van der Waals surface area contributed by atoms with Crippen molar-refractivity contribution in [3.8, 4) is 16.3 Å². The van der Waals surface area contributed by atoms with Crippen LogP contribution in [0.5, 0.6) is 5.75 Å². The van der Waals surface area contributed by atoms with Crippen molar-refractivity contribution >= 4 is 29.7 Å². The normalized spacial score (nSPS) is 10.7. The van der Waals surface area contributed by atoms with Gasteiger partial charge in [0.2, 0.25) is 0 Å². The molecule has 0 fully saturated rings. The van der Waals surface area contributed by atoms with E-state index in [1.165, 1.54) is 11.3 Å². The van der Waals surface area contributed by atoms with Gasteiger partial charge in [-0.25, -0.2) is 4.98 Å². The molecule has 0 saturated carbocycles. The molecule has 22 heavy (non-hydrogen) atoms. The van der Waals surface area contributed by atoms with Crippen molar-refractivity contribution in [2.45, 2.75) is 19.4 Å². The summed E-state index contributed by atoms with van der Waals surface area (Å²) in [5, 5.41) is 3.61. The Balaban J connectivity index is 0.00000242. The van der Waals surface area contributed by atoms with Gasteiger partial charge in [0.25, 0.3) is 5.91 Å². The Kier molecular flexibility index (Phi) is 6.34. The van der Waals surface area contributed by atoms with E-state index in [-0.39, 0.29) is 18.3 Å². The second kappa shape index (κ2) is 7.58. The molecule has 1 amide bonds. The van der Waals surface area contributed by atoms with Crippen LogP contribution in [-0.4, -0.2) is 30.1 Å². The lowest BCUT2D eigenvalue weighted by atomic mass is 10.1. The number of carbonyl (C=O) groups excluding carboxylic acids is 1. The van der Waals surface area contributed by atoms with Crippen LogP contribution in [0.25, 0.3) is 10.6 Å². The molecule has 5 nitrogen and oxygen atoms in total. The van der Waals surface area contributed by atoms with Crippen molar-refractivity contribution in [1.82, 2.24) is 10.3 Å². The van der Waals surface area contributed by atoms with Crippen molar-refractivity contribution in [2.75, 3.05) is 13.7 Å². The first-order valence-corrected chi connectivity index (χ1v) is 7.38. The van der Waals surface area contributed by atoms with Crippen LogP contribution in [0, 0.1) is 0 Å². The Morgan fingerprint density at radius 3 is 2.55 bits per heavy atom.